The molecule has 186 valence electrons. The van der Waals surface area contributed by atoms with E-state index >= 15 is 0 Å². The van der Waals surface area contributed by atoms with Crippen LogP contribution in [0.3, 0.4) is 0 Å². The number of hydrogen-bond acceptors (Lipinski definition) is 5. The van der Waals surface area contributed by atoms with Crippen molar-refractivity contribution in [3.63, 3.8) is 0 Å². The molecule has 1 saturated heterocycles. The van der Waals surface area contributed by atoms with Gasteiger partial charge in [-0.25, -0.2) is 19.0 Å². The fourth-order valence-electron chi connectivity index (χ4n) is 4.71. The van der Waals surface area contributed by atoms with Gasteiger partial charge in [0.1, 0.15) is 17.5 Å². The van der Waals surface area contributed by atoms with E-state index in [0.29, 0.717) is 50.5 Å². The van der Waals surface area contributed by atoms with Crippen LogP contribution < -0.4 is 4.90 Å². The minimum Gasteiger partial charge on any atom is -0.352 e. The molecule has 4 aromatic rings. The minimum atomic E-state index is -0.293. The first-order valence-corrected chi connectivity index (χ1v) is 12.6. The lowest BCUT2D eigenvalue weighted by Crippen LogP contribution is -2.49. The second-order valence-corrected chi connectivity index (χ2v) is 9.27. The van der Waals surface area contributed by atoms with E-state index < -0.39 is 0 Å². The Hall–Kier alpha value is -3.81. The number of aromatic nitrogens is 4. The molecule has 0 N–H and O–H groups in total. The van der Waals surface area contributed by atoms with Gasteiger partial charge in [0.2, 0.25) is 5.91 Å². The molecule has 0 unspecified atom stereocenters. The van der Waals surface area contributed by atoms with Gasteiger partial charge < -0.3 is 9.80 Å². The molecule has 0 saturated carbocycles. The van der Waals surface area contributed by atoms with Gasteiger partial charge in [0, 0.05) is 39.0 Å². The molecular formula is C28H31FN6O. The summed E-state index contributed by atoms with van der Waals surface area (Å²) < 4.78 is 15.4. The van der Waals surface area contributed by atoms with Crippen molar-refractivity contribution in [2.75, 3.05) is 31.1 Å². The Kier molecular flexibility index (Phi) is 6.93. The van der Waals surface area contributed by atoms with Crippen molar-refractivity contribution in [2.24, 2.45) is 0 Å². The molecule has 2 aromatic carbocycles. The third-order valence-corrected chi connectivity index (χ3v) is 6.68. The number of anilines is 1. The van der Waals surface area contributed by atoms with E-state index in [1.807, 2.05) is 30.0 Å². The smallest absolute Gasteiger partial charge is 0.222 e. The number of carbonyl (C=O) groups excluding carboxylic acids is 1. The van der Waals surface area contributed by atoms with Gasteiger partial charge in [-0.1, -0.05) is 43.7 Å². The van der Waals surface area contributed by atoms with Crippen LogP contribution in [0, 0.1) is 12.7 Å². The fraction of sp³-hybridized carbons (Fsp3) is 0.357. The quantitative estimate of drug-likeness (QED) is 0.379. The molecular weight excluding hydrogens is 455 g/mol. The second kappa shape index (κ2) is 10.4. The first-order valence-electron chi connectivity index (χ1n) is 12.6. The molecule has 1 aliphatic heterocycles. The van der Waals surface area contributed by atoms with Crippen molar-refractivity contribution in [1.29, 1.82) is 0 Å². The molecule has 3 heterocycles. The lowest BCUT2D eigenvalue weighted by Gasteiger charge is -2.36. The normalized spacial score (nSPS) is 14.0. The Balaban J connectivity index is 1.53. The number of benzene rings is 2. The predicted molar refractivity (Wildman–Crippen MR) is 139 cm³/mol. The number of unbranched alkanes of at least 4 members (excludes halogenated alkanes) is 1. The number of rotatable bonds is 7. The topological polar surface area (TPSA) is 67.2 Å². The van der Waals surface area contributed by atoms with E-state index in [4.69, 9.17) is 15.1 Å². The zero-order chi connectivity index (χ0) is 25.1. The zero-order valence-corrected chi connectivity index (χ0v) is 20.8. The molecule has 8 heteroatoms. The summed E-state index contributed by atoms with van der Waals surface area (Å²) in [7, 11) is 0. The summed E-state index contributed by atoms with van der Waals surface area (Å²) in [5, 5.41) is 5.66. The van der Waals surface area contributed by atoms with Gasteiger partial charge in [-0.3, -0.25) is 4.79 Å². The highest BCUT2D eigenvalue weighted by Crippen LogP contribution is 2.30. The summed E-state index contributed by atoms with van der Waals surface area (Å²) in [4.78, 5) is 26.7. The van der Waals surface area contributed by atoms with Crippen LogP contribution in [0.2, 0.25) is 0 Å². The first kappa shape index (κ1) is 23.9. The maximum Gasteiger partial charge on any atom is 0.222 e. The number of aryl methyl sites for hydroxylation is 1. The van der Waals surface area contributed by atoms with Crippen molar-refractivity contribution >= 4 is 22.8 Å². The van der Waals surface area contributed by atoms with Gasteiger partial charge in [-0.15, -0.1) is 0 Å². The summed E-state index contributed by atoms with van der Waals surface area (Å²) in [6.07, 6.45) is 3.15. The van der Waals surface area contributed by atoms with Crippen LogP contribution in [0.5, 0.6) is 0 Å². The standard InChI is InChI=1S/C28H31FN6O/c1-3-4-10-25(36)33-15-17-34(18-16-33)27-26-20(2)32-35(23-13-11-22(29)12-14-23)28(26)31-24(30-27)19-21-8-6-5-7-9-21/h5-9,11-14H,3-4,10,15-19H2,1-2H3. The highest BCUT2D eigenvalue weighted by Gasteiger charge is 2.26. The second-order valence-electron chi connectivity index (χ2n) is 9.27. The van der Waals surface area contributed by atoms with Crippen LogP contribution in [0.25, 0.3) is 16.7 Å². The first-order chi connectivity index (χ1) is 17.5. The van der Waals surface area contributed by atoms with Crippen molar-refractivity contribution < 1.29 is 9.18 Å². The van der Waals surface area contributed by atoms with Crippen molar-refractivity contribution in [2.45, 2.75) is 39.5 Å². The van der Waals surface area contributed by atoms with Crippen LogP contribution in [0.4, 0.5) is 10.2 Å². The SMILES string of the molecule is CCCCC(=O)N1CCN(c2nc(Cc3ccccc3)nc3c2c(C)nn3-c2ccc(F)cc2)CC1. The Morgan fingerprint density at radius 2 is 1.69 bits per heavy atom. The number of hydrogen-bond donors (Lipinski definition) is 0. The third-order valence-electron chi connectivity index (χ3n) is 6.68. The number of amides is 1. The number of piperazine rings is 1. The van der Waals surface area contributed by atoms with E-state index in [9.17, 15) is 9.18 Å². The number of halogens is 1. The average molecular weight is 487 g/mol. The van der Waals surface area contributed by atoms with Gasteiger partial charge in [0.25, 0.3) is 0 Å². The Bertz CT molecular complexity index is 1340. The highest BCUT2D eigenvalue weighted by molar-refractivity contribution is 5.91. The molecule has 1 aliphatic rings. The predicted octanol–water partition coefficient (Wildman–Crippen LogP) is 4.69. The molecule has 5 rings (SSSR count). The fourth-order valence-corrected chi connectivity index (χ4v) is 4.71. The van der Waals surface area contributed by atoms with E-state index in [1.54, 1.807) is 16.8 Å². The largest absolute Gasteiger partial charge is 0.352 e. The lowest BCUT2D eigenvalue weighted by atomic mass is 10.1. The molecule has 0 aliphatic carbocycles. The van der Waals surface area contributed by atoms with Gasteiger partial charge >= 0.3 is 0 Å². The minimum absolute atomic E-state index is 0.231. The van der Waals surface area contributed by atoms with Crippen LogP contribution in [-0.2, 0) is 11.2 Å². The molecule has 0 spiro atoms. The van der Waals surface area contributed by atoms with Crippen LogP contribution in [-0.4, -0.2) is 56.7 Å². The molecule has 0 bridgehead atoms. The number of nitrogens with zero attached hydrogens (tertiary/aromatic N) is 6. The van der Waals surface area contributed by atoms with Crippen molar-refractivity contribution in [1.82, 2.24) is 24.6 Å². The van der Waals surface area contributed by atoms with Crippen LogP contribution >= 0.6 is 0 Å². The summed E-state index contributed by atoms with van der Waals surface area (Å²) in [5.74, 6) is 1.48. The van der Waals surface area contributed by atoms with Gasteiger partial charge in [-0.2, -0.15) is 5.10 Å². The summed E-state index contributed by atoms with van der Waals surface area (Å²) in [5.41, 5.74) is 3.39. The monoisotopic (exact) mass is 486 g/mol. The van der Waals surface area contributed by atoms with Crippen molar-refractivity contribution in [3.05, 3.63) is 77.5 Å². The third kappa shape index (κ3) is 4.94. The molecule has 2 aromatic heterocycles. The molecule has 0 radical (unpaired) electrons. The highest BCUT2D eigenvalue weighted by atomic mass is 19.1. The van der Waals surface area contributed by atoms with E-state index in [-0.39, 0.29) is 11.7 Å². The van der Waals surface area contributed by atoms with Gasteiger partial charge in [0.05, 0.1) is 16.8 Å². The zero-order valence-electron chi connectivity index (χ0n) is 20.8. The maximum absolute atomic E-state index is 13.6. The molecule has 1 amide bonds. The molecule has 0 atom stereocenters. The molecule has 1 fully saturated rings. The van der Waals surface area contributed by atoms with E-state index in [2.05, 4.69) is 24.0 Å². The van der Waals surface area contributed by atoms with Crippen molar-refractivity contribution in [3.8, 4) is 5.69 Å². The van der Waals surface area contributed by atoms with Crippen LogP contribution in [0.15, 0.2) is 54.6 Å². The number of carbonyl (C=O) groups is 1. The maximum atomic E-state index is 13.6. The van der Waals surface area contributed by atoms with E-state index in [0.717, 1.165) is 41.0 Å². The summed E-state index contributed by atoms with van der Waals surface area (Å²) >= 11 is 0. The molecule has 7 nitrogen and oxygen atoms in total. The van der Waals surface area contributed by atoms with Gasteiger partial charge in [0.15, 0.2) is 5.65 Å². The Morgan fingerprint density at radius 1 is 0.972 bits per heavy atom. The van der Waals surface area contributed by atoms with E-state index in [1.165, 1.54) is 12.1 Å². The Labute approximate surface area is 210 Å². The molecule has 36 heavy (non-hydrogen) atoms. The summed E-state index contributed by atoms with van der Waals surface area (Å²) in [6, 6.07) is 16.4. The lowest BCUT2D eigenvalue weighted by molar-refractivity contribution is -0.131. The average Bonchev–Trinajstić information content (AvgIpc) is 3.24. The Morgan fingerprint density at radius 3 is 2.39 bits per heavy atom. The summed E-state index contributed by atoms with van der Waals surface area (Å²) in [6.45, 7) is 6.82. The van der Waals surface area contributed by atoms with Crippen LogP contribution in [0.1, 0.15) is 43.3 Å². The van der Waals surface area contributed by atoms with Gasteiger partial charge in [-0.05, 0) is 43.2 Å². The number of fused-ring (bicyclic) bond motifs is 1.